The van der Waals surface area contributed by atoms with E-state index in [0.29, 0.717) is 58.8 Å². The molecule has 5 aromatic rings. The van der Waals surface area contributed by atoms with E-state index in [4.69, 9.17) is 4.98 Å². The van der Waals surface area contributed by atoms with Crippen molar-refractivity contribution in [1.82, 2.24) is 34.6 Å². The number of hydrogen-bond donors (Lipinski definition) is 3. The van der Waals surface area contributed by atoms with E-state index in [1.807, 2.05) is 36.5 Å². The molecule has 1 aromatic carbocycles. The number of fused-ring (bicyclic) bond motifs is 4. The summed E-state index contributed by atoms with van der Waals surface area (Å²) in [5.41, 5.74) is 8.31. The first-order chi connectivity index (χ1) is 33.8. The first-order valence-corrected chi connectivity index (χ1v) is 24.7. The molecule has 12 rings (SSSR count). The molecule has 0 radical (unpaired) electrons. The summed E-state index contributed by atoms with van der Waals surface area (Å²) in [7, 11) is 0. The van der Waals surface area contributed by atoms with Gasteiger partial charge in [-0.1, -0.05) is 13.8 Å². The van der Waals surface area contributed by atoms with Crippen LogP contribution in [0, 0.1) is 11.3 Å². The van der Waals surface area contributed by atoms with Crippen molar-refractivity contribution in [2.24, 2.45) is 11.3 Å². The maximum atomic E-state index is 14.0. The molecule has 4 aromatic heterocycles. The molecule has 0 spiro atoms. The summed E-state index contributed by atoms with van der Waals surface area (Å²) in [6.07, 6.45) is 11.0. The third-order valence-corrected chi connectivity index (χ3v) is 16.4. The molecule has 9 heterocycles. The minimum absolute atomic E-state index is 0.0879. The average molecular weight is 944 g/mol. The summed E-state index contributed by atoms with van der Waals surface area (Å²) >= 11 is 0. The number of nitrogens with zero attached hydrogens (tertiary/aromatic N) is 9. The van der Waals surface area contributed by atoms with Crippen molar-refractivity contribution in [3.63, 3.8) is 0 Å². The summed E-state index contributed by atoms with van der Waals surface area (Å²) < 4.78 is 2.18. The zero-order chi connectivity index (χ0) is 48.2. The minimum atomic E-state index is -0.982. The van der Waals surface area contributed by atoms with Gasteiger partial charge in [0, 0.05) is 99.1 Å². The number of piperidine rings is 1. The van der Waals surface area contributed by atoms with Gasteiger partial charge < -0.3 is 24.8 Å². The van der Waals surface area contributed by atoms with Gasteiger partial charge in [0.15, 0.2) is 0 Å². The topological polar surface area (TPSA) is 189 Å². The molecule has 2 atom stereocenters. The fourth-order valence-electron chi connectivity index (χ4n) is 12.6. The van der Waals surface area contributed by atoms with Crippen LogP contribution in [0.25, 0.3) is 11.1 Å². The van der Waals surface area contributed by atoms with E-state index in [1.165, 1.54) is 17.7 Å². The van der Waals surface area contributed by atoms with Crippen molar-refractivity contribution in [2.75, 3.05) is 59.3 Å². The molecule has 2 aliphatic carbocycles. The van der Waals surface area contributed by atoms with E-state index in [9.17, 15) is 29.1 Å². The number of imide groups is 2. The van der Waals surface area contributed by atoms with Gasteiger partial charge in [-0.05, 0) is 122 Å². The number of pyridine rings is 3. The Labute approximate surface area is 405 Å². The smallest absolute Gasteiger partial charge is 0.276 e. The predicted molar refractivity (Wildman–Crippen MR) is 262 cm³/mol. The van der Waals surface area contributed by atoms with Crippen molar-refractivity contribution in [3.8, 4) is 11.1 Å². The number of benzene rings is 1. The molecule has 360 valence electrons. The second-order valence-electron chi connectivity index (χ2n) is 21.1. The van der Waals surface area contributed by atoms with Gasteiger partial charge in [-0.3, -0.25) is 44.0 Å². The molecule has 4 fully saturated rings. The lowest BCUT2D eigenvalue weighted by Gasteiger charge is -2.62. The van der Waals surface area contributed by atoms with Crippen LogP contribution in [0.3, 0.4) is 0 Å². The van der Waals surface area contributed by atoms with Gasteiger partial charge in [-0.15, -0.1) is 0 Å². The standard InChI is InChI=1S/C53H57N11O6/c1-31-27-60(53(13-4-14-53)34-28-59(29-34)35-5-7-38-39(23-35)50(69)64(49(38)68)41-8-10-46(66)58-48(41)67)17-18-61(31)36-6-9-44(56-26-36)57-45-22-32(11-15-54-45)37-12-16-55-47(40(37)30-65)63-20-19-62-42(51(63)70)21-33-24-52(2,3)25-43(33)62/h5-7,9,11-12,15-16,21-23,26,31,34,41,65H,4,8,10,13-14,17-20,24-25,27-30H2,1-3H3,(H,54,56,57)(H,58,66,67)/t31-,41?/m0/s1. The highest BCUT2D eigenvalue weighted by Gasteiger charge is 2.54. The monoisotopic (exact) mass is 943 g/mol. The number of carbonyl (C=O) groups excluding carboxylic acids is 5. The quantitative estimate of drug-likeness (QED) is 0.153. The molecule has 17 heteroatoms. The summed E-state index contributed by atoms with van der Waals surface area (Å²) in [4.78, 5) is 89.3. The lowest BCUT2D eigenvalue weighted by molar-refractivity contribution is -0.136. The summed E-state index contributed by atoms with van der Waals surface area (Å²) in [5, 5.41) is 16.4. The van der Waals surface area contributed by atoms with Crippen molar-refractivity contribution in [2.45, 2.75) is 96.5 Å². The Morgan fingerprint density at radius 2 is 1.59 bits per heavy atom. The number of carbonyl (C=O) groups is 5. The molecular weight excluding hydrogens is 887 g/mol. The Morgan fingerprint density at radius 1 is 0.786 bits per heavy atom. The van der Waals surface area contributed by atoms with Crippen molar-refractivity contribution in [3.05, 3.63) is 107 Å². The van der Waals surface area contributed by atoms with Crippen LogP contribution >= 0.6 is 0 Å². The maximum Gasteiger partial charge on any atom is 0.276 e. The third-order valence-electron chi connectivity index (χ3n) is 16.4. The average Bonchev–Trinajstić information content (AvgIpc) is 3.90. The summed E-state index contributed by atoms with van der Waals surface area (Å²) in [6.45, 7) is 12.2. The Kier molecular flexibility index (Phi) is 10.5. The van der Waals surface area contributed by atoms with E-state index in [2.05, 4.69) is 72.8 Å². The SMILES string of the molecule is C[C@H]1CN(C2(C3CN(c4ccc5c(c4)C(=O)N(C4CCC(=O)NC4=O)C5=O)C3)CCC2)CCN1c1ccc(Nc2cc(-c3ccnc(N4CCn5c(cc6c5CC(C)(C)C6)C4=O)c3CO)ccn2)nc1. The van der Waals surface area contributed by atoms with Gasteiger partial charge in [0.1, 0.15) is 29.2 Å². The maximum absolute atomic E-state index is 14.0. The van der Waals surface area contributed by atoms with E-state index in [1.54, 1.807) is 29.4 Å². The molecule has 3 saturated heterocycles. The third kappa shape index (κ3) is 7.18. The number of aliphatic hydroxyl groups excluding tert-OH is 1. The predicted octanol–water partition coefficient (Wildman–Crippen LogP) is 5.33. The molecular formula is C53H57N11O6. The molecule has 70 heavy (non-hydrogen) atoms. The van der Waals surface area contributed by atoms with Crippen LogP contribution < -0.4 is 25.3 Å². The number of nitrogens with one attached hydrogen (secondary N) is 2. The first-order valence-electron chi connectivity index (χ1n) is 24.7. The van der Waals surface area contributed by atoms with Crippen LogP contribution in [0.2, 0.25) is 0 Å². The second kappa shape index (κ2) is 16.6. The molecule has 17 nitrogen and oxygen atoms in total. The number of anilines is 5. The van der Waals surface area contributed by atoms with Gasteiger partial charge in [-0.2, -0.15) is 0 Å². The molecule has 1 saturated carbocycles. The van der Waals surface area contributed by atoms with Gasteiger partial charge in [0.05, 0.1) is 29.6 Å². The minimum Gasteiger partial charge on any atom is -0.392 e. The van der Waals surface area contributed by atoms with Gasteiger partial charge in [0.2, 0.25) is 11.8 Å². The largest absolute Gasteiger partial charge is 0.392 e. The Balaban J connectivity index is 0.676. The van der Waals surface area contributed by atoms with Crippen LogP contribution in [0.1, 0.15) is 101 Å². The van der Waals surface area contributed by atoms with Crippen molar-refractivity contribution in [1.29, 1.82) is 0 Å². The zero-order valence-corrected chi connectivity index (χ0v) is 39.8. The lowest BCUT2D eigenvalue weighted by atomic mass is 9.63. The van der Waals surface area contributed by atoms with E-state index >= 15 is 0 Å². The Bertz CT molecular complexity index is 3010. The molecule has 1 unspecified atom stereocenters. The molecule has 3 N–H and O–H groups in total. The normalized spacial score (nSPS) is 22.9. The summed E-state index contributed by atoms with van der Waals surface area (Å²) in [6, 6.07) is 16.5. The molecule has 5 amide bonds. The van der Waals surface area contributed by atoms with Crippen LogP contribution in [-0.4, -0.2) is 121 Å². The number of rotatable bonds is 10. The number of amides is 5. The van der Waals surface area contributed by atoms with Crippen LogP contribution in [-0.2, 0) is 35.6 Å². The van der Waals surface area contributed by atoms with Gasteiger partial charge in [0.25, 0.3) is 17.7 Å². The van der Waals surface area contributed by atoms with Crippen LogP contribution in [0.15, 0.2) is 73.2 Å². The highest BCUT2D eigenvalue weighted by molar-refractivity contribution is 6.23. The molecule has 0 bridgehead atoms. The first kappa shape index (κ1) is 44.2. The molecule has 5 aliphatic heterocycles. The van der Waals surface area contributed by atoms with Crippen molar-refractivity contribution >= 4 is 58.4 Å². The van der Waals surface area contributed by atoms with Crippen LogP contribution in [0.4, 0.5) is 28.8 Å². The number of aromatic nitrogens is 4. The highest BCUT2D eigenvalue weighted by Crippen LogP contribution is 2.49. The van der Waals surface area contributed by atoms with Gasteiger partial charge >= 0.3 is 0 Å². The number of piperazine rings is 1. The fraction of sp³-hybridized carbons (Fsp3) is 0.434. The highest BCUT2D eigenvalue weighted by atomic mass is 16.3. The van der Waals surface area contributed by atoms with E-state index in [0.717, 1.165) is 85.8 Å². The van der Waals surface area contributed by atoms with E-state index < -0.39 is 29.7 Å². The van der Waals surface area contributed by atoms with Crippen LogP contribution in [0.5, 0.6) is 0 Å². The Hall–Kier alpha value is -6.98. The number of aliphatic hydroxyl groups is 1. The summed E-state index contributed by atoms with van der Waals surface area (Å²) in [5.74, 6) is 0.144. The fourth-order valence-corrected chi connectivity index (χ4v) is 12.6. The Morgan fingerprint density at radius 3 is 2.33 bits per heavy atom. The van der Waals surface area contributed by atoms with Crippen molar-refractivity contribution < 1.29 is 29.1 Å². The lowest BCUT2D eigenvalue weighted by Crippen LogP contribution is -2.71. The number of hydrogen-bond acceptors (Lipinski definition) is 13. The zero-order valence-electron chi connectivity index (χ0n) is 39.8. The van der Waals surface area contributed by atoms with E-state index in [-0.39, 0.29) is 42.4 Å². The molecule has 7 aliphatic rings. The van der Waals surface area contributed by atoms with Gasteiger partial charge in [-0.25, -0.2) is 15.0 Å². The second-order valence-corrected chi connectivity index (χ2v) is 21.1.